The molecule has 0 atom stereocenters. The van der Waals surface area contributed by atoms with Gasteiger partial charge in [0.05, 0.1) is 0 Å². The average molecular weight is 259 g/mol. The molecule has 3 aromatic heterocycles. The lowest BCUT2D eigenvalue weighted by atomic mass is 10.2. The Bertz CT molecular complexity index is 690. The van der Waals surface area contributed by atoms with E-state index < -0.39 is 0 Å². The standard InChI is InChI=1S/C11H9N5OS/c1-6-2-3-13-7(4-6)9-15-10(17-16-9)8-5-18-11(12)14-8/h2-5H,1H3,(H2,12,14). The van der Waals surface area contributed by atoms with Crippen LogP contribution in [0.25, 0.3) is 23.1 Å². The number of rotatable bonds is 2. The number of anilines is 1. The molecule has 0 spiro atoms. The number of nitrogens with two attached hydrogens (primary N) is 1. The normalized spacial score (nSPS) is 10.7. The number of nitrogen functional groups attached to an aromatic ring is 1. The molecule has 0 amide bonds. The number of hydrogen-bond acceptors (Lipinski definition) is 7. The van der Waals surface area contributed by atoms with Gasteiger partial charge in [-0.05, 0) is 24.6 Å². The molecular weight excluding hydrogens is 250 g/mol. The van der Waals surface area contributed by atoms with Gasteiger partial charge in [0.2, 0.25) is 5.82 Å². The molecule has 0 aromatic carbocycles. The Hall–Kier alpha value is -2.28. The molecule has 3 aromatic rings. The molecule has 0 saturated carbocycles. The summed E-state index contributed by atoms with van der Waals surface area (Å²) in [5.74, 6) is 0.793. The first-order valence-corrected chi connectivity index (χ1v) is 6.08. The zero-order valence-electron chi connectivity index (χ0n) is 9.49. The van der Waals surface area contributed by atoms with Crippen LogP contribution >= 0.6 is 11.3 Å². The maximum Gasteiger partial charge on any atom is 0.277 e. The van der Waals surface area contributed by atoms with E-state index in [-0.39, 0.29) is 0 Å². The van der Waals surface area contributed by atoms with Gasteiger partial charge < -0.3 is 10.3 Å². The Morgan fingerprint density at radius 2 is 2.17 bits per heavy atom. The van der Waals surface area contributed by atoms with Crippen LogP contribution in [-0.4, -0.2) is 20.1 Å². The molecule has 0 aliphatic heterocycles. The molecule has 0 aliphatic rings. The minimum absolute atomic E-state index is 0.348. The maximum atomic E-state index is 5.56. The number of nitrogens with zero attached hydrogens (tertiary/aromatic N) is 4. The lowest BCUT2D eigenvalue weighted by Gasteiger charge is -1.93. The second-order valence-electron chi connectivity index (χ2n) is 3.71. The minimum Gasteiger partial charge on any atom is -0.375 e. The fourth-order valence-corrected chi connectivity index (χ4v) is 2.01. The van der Waals surface area contributed by atoms with Crippen molar-refractivity contribution in [2.75, 3.05) is 5.73 Å². The van der Waals surface area contributed by atoms with Crippen molar-refractivity contribution in [3.8, 4) is 23.1 Å². The third-order valence-corrected chi connectivity index (χ3v) is 2.99. The molecule has 0 fully saturated rings. The summed E-state index contributed by atoms with van der Waals surface area (Å²) in [6.07, 6.45) is 1.71. The number of aromatic nitrogens is 4. The van der Waals surface area contributed by atoms with Crippen molar-refractivity contribution in [3.05, 3.63) is 29.3 Å². The van der Waals surface area contributed by atoms with Crippen LogP contribution in [0.1, 0.15) is 5.56 Å². The zero-order valence-corrected chi connectivity index (χ0v) is 10.3. The number of thiazole rings is 1. The van der Waals surface area contributed by atoms with E-state index in [9.17, 15) is 0 Å². The predicted octanol–water partition coefficient (Wildman–Crippen LogP) is 2.15. The Morgan fingerprint density at radius 3 is 2.89 bits per heavy atom. The lowest BCUT2D eigenvalue weighted by molar-refractivity contribution is 0.431. The van der Waals surface area contributed by atoms with Crippen molar-refractivity contribution >= 4 is 16.5 Å². The van der Waals surface area contributed by atoms with Crippen LogP contribution in [0.3, 0.4) is 0 Å². The van der Waals surface area contributed by atoms with E-state index in [1.807, 2.05) is 19.1 Å². The Morgan fingerprint density at radius 1 is 1.28 bits per heavy atom. The van der Waals surface area contributed by atoms with Crippen LogP contribution in [0.15, 0.2) is 28.2 Å². The summed E-state index contributed by atoms with van der Waals surface area (Å²) in [6.45, 7) is 1.98. The smallest absolute Gasteiger partial charge is 0.277 e. The molecular formula is C11H9N5OS. The fourth-order valence-electron chi connectivity index (χ4n) is 1.48. The van der Waals surface area contributed by atoms with Crippen LogP contribution in [-0.2, 0) is 0 Å². The monoisotopic (exact) mass is 259 g/mol. The summed E-state index contributed by atoms with van der Waals surface area (Å²) in [6, 6.07) is 3.80. The first kappa shape index (κ1) is 10.8. The average Bonchev–Trinajstić information content (AvgIpc) is 2.97. The molecule has 0 bridgehead atoms. The molecule has 7 heteroatoms. The van der Waals surface area contributed by atoms with Crippen LogP contribution in [0, 0.1) is 6.92 Å². The second-order valence-corrected chi connectivity index (χ2v) is 4.60. The number of aryl methyl sites for hydroxylation is 1. The van der Waals surface area contributed by atoms with Crippen LogP contribution in [0.2, 0.25) is 0 Å². The molecule has 90 valence electrons. The third kappa shape index (κ3) is 1.95. The van der Waals surface area contributed by atoms with Gasteiger partial charge in [-0.2, -0.15) is 4.98 Å². The van der Waals surface area contributed by atoms with E-state index in [4.69, 9.17) is 10.3 Å². The van der Waals surface area contributed by atoms with Gasteiger partial charge in [0.25, 0.3) is 5.89 Å². The van der Waals surface area contributed by atoms with Gasteiger partial charge in [-0.3, -0.25) is 4.98 Å². The van der Waals surface area contributed by atoms with Crippen molar-refractivity contribution < 1.29 is 4.52 Å². The first-order valence-electron chi connectivity index (χ1n) is 5.20. The quantitative estimate of drug-likeness (QED) is 0.758. The van der Waals surface area contributed by atoms with E-state index >= 15 is 0 Å². The van der Waals surface area contributed by atoms with Crippen LogP contribution in [0.4, 0.5) is 5.13 Å². The van der Waals surface area contributed by atoms with Gasteiger partial charge in [0.15, 0.2) is 5.13 Å². The predicted molar refractivity (Wildman–Crippen MR) is 67.8 cm³/mol. The van der Waals surface area contributed by atoms with Crippen molar-refractivity contribution in [2.24, 2.45) is 0 Å². The Labute approximate surface area is 107 Å². The molecule has 3 rings (SSSR count). The van der Waals surface area contributed by atoms with Crippen molar-refractivity contribution in [1.82, 2.24) is 20.1 Å². The van der Waals surface area contributed by atoms with Gasteiger partial charge in [-0.1, -0.05) is 5.16 Å². The molecule has 18 heavy (non-hydrogen) atoms. The van der Waals surface area contributed by atoms with Crippen LogP contribution < -0.4 is 5.73 Å². The zero-order chi connectivity index (χ0) is 12.5. The maximum absolute atomic E-state index is 5.56. The van der Waals surface area contributed by atoms with Gasteiger partial charge in [-0.15, -0.1) is 11.3 Å². The SMILES string of the molecule is Cc1ccnc(-c2noc(-c3csc(N)n3)n2)c1. The first-order chi connectivity index (χ1) is 8.72. The van der Waals surface area contributed by atoms with Gasteiger partial charge in [-0.25, -0.2) is 4.98 Å². The van der Waals surface area contributed by atoms with E-state index in [1.165, 1.54) is 11.3 Å². The van der Waals surface area contributed by atoms with E-state index in [0.29, 0.717) is 28.2 Å². The van der Waals surface area contributed by atoms with Crippen LogP contribution in [0.5, 0.6) is 0 Å². The minimum atomic E-state index is 0.348. The van der Waals surface area contributed by atoms with Crippen molar-refractivity contribution in [3.63, 3.8) is 0 Å². The molecule has 3 heterocycles. The summed E-state index contributed by atoms with van der Waals surface area (Å²) in [5, 5.41) is 6.13. The van der Waals surface area contributed by atoms with E-state index in [2.05, 4.69) is 20.1 Å². The van der Waals surface area contributed by atoms with E-state index in [1.54, 1.807) is 11.6 Å². The fraction of sp³-hybridized carbons (Fsp3) is 0.0909. The largest absolute Gasteiger partial charge is 0.375 e. The molecule has 0 radical (unpaired) electrons. The third-order valence-electron chi connectivity index (χ3n) is 2.31. The number of hydrogen-bond donors (Lipinski definition) is 1. The molecule has 2 N–H and O–H groups in total. The molecule has 6 nitrogen and oxygen atoms in total. The summed E-state index contributed by atoms with van der Waals surface area (Å²) in [7, 11) is 0. The molecule has 0 unspecified atom stereocenters. The highest BCUT2D eigenvalue weighted by molar-refractivity contribution is 7.13. The molecule has 0 saturated heterocycles. The molecule has 0 aliphatic carbocycles. The highest BCUT2D eigenvalue weighted by Crippen LogP contribution is 2.23. The van der Waals surface area contributed by atoms with E-state index in [0.717, 1.165) is 5.56 Å². The Kier molecular flexibility index (Phi) is 2.52. The topological polar surface area (TPSA) is 90.7 Å². The van der Waals surface area contributed by atoms with Gasteiger partial charge >= 0.3 is 0 Å². The highest BCUT2D eigenvalue weighted by Gasteiger charge is 2.13. The van der Waals surface area contributed by atoms with Crippen molar-refractivity contribution in [2.45, 2.75) is 6.92 Å². The number of pyridine rings is 1. The van der Waals surface area contributed by atoms with Gasteiger partial charge in [0.1, 0.15) is 11.4 Å². The highest BCUT2D eigenvalue weighted by atomic mass is 32.1. The van der Waals surface area contributed by atoms with Gasteiger partial charge in [0, 0.05) is 11.6 Å². The summed E-state index contributed by atoms with van der Waals surface area (Å²) in [4.78, 5) is 12.5. The summed E-state index contributed by atoms with van der Waals surface area (Å²) < 4.78 is 5.15. The van der Waals surface area contributed by atoms with Crippen molar-refractivity contribution in [1.29, 1.82) is 0 Å². The summed E-state index contributed by atoms with van der Waals surface area (Å²) in [5.41, 5.74) is 7.91. The summed E-state index contributed by atoms with van der Waals surface area (Å²) >= 11 is 1.33. The lowest BCUT2D eigenvalue weighted by Crippen LogP contribution is -1.87. The Balaban J connectivity index is 1.99. The second kappa shape index (κ2) is 4.19.